The maximum atomic E-state index is 8.79. The molecule has 2 nitrogen and oxygen atoms in total. The van der Waals surface area contributed by atoms with Gasteiger partial charge in [-0.2, -0.15) is 36.4 Å². The second-order valence-corrected chi connectivity index (χ2v) is 5.64. The minimum atomic E-state index is 0. The molecule has 0 atom stereocenters. The third kappa shape index (κ3) is 12.9. The fraction of sp³-hybridized carbons (Fsp3) is 0. The monoisotopic (exact) mass is 434 g/mol. The zero-order valence-corrected chi connectivity index (χ0v) is 17.6. The largest absolute Gasteiger partial charge is 2.00 e. The number of phenols is 2. The van der Waals surface area contributed by atoms with Crippen LogP contribution >= 0.6 is 23.2 Å². The summed E-state index contributed by atoms with van der Waals surface area (Å²) in [4.78, 5) is 0. The van der Waals surface area contributed by atoms with Crippen molar-refractivity contribution in [1.82, 2.24) is 0 Å². The van der Waals surface area contributed by atoms with E-state index in [1.165, 1.54) is 0 Å². The van der Waals surface area contributed by atoms with Crippen molar-refractivity contribution >= 4 is 23.2 Å². The molecule has 0 amide bonds. The molecule has 0 saturated heterocycles. The minimum Gasteiger partial charge on any atom is -0.506 e. The second kappa shape index (κ2) is 16.2. The van der Waals surface area contributed by atoms with Gasteiger partial charge in [0.15, 0.2) is 0 Å². The van der Waals surface area contributed by atoms with Gasteiger partial charge in [0.1, 0.15) is 11.5 Å². The first-order valence-electron chi connectivity index (χ1n) is 7.81. The Hall–Kier alpha value is -1.97. The van der Waals surface area contributed by atoms with Gasteiger partial charge in [-0.1, -0.05) is 47.5 Å². The molecule has 0 aliphatic heterocycles. The molecule has 4 rings (SSSR count). The fourth-order valence-electron chi connectivity index (χ4n) is 1.54. The van der Waals surface area contributed by atoms with E-state index in [4.69, 9.17) is 33.4 Å². The van der Waals surface area contributed by atoms with Crippen molar-refractivity contribution in [3.8, 4) is 11.5 Å². The van der Waals surface area contributed by atoms with Gasteiger partial charge in [0, 0.05) is 0 Å². The van der Waals surface area contributed by atoms with Crippen molar-refractivity contribution in [1.29, 1.82) is 0 Å². The third-order valence-corrected chi connectivity index (χ3v) is 3.46. The van der Waals surface area contributed by atoms with Crippen LogP contribution in [0.4, 0.5) is 0 Å². The Bertz CT molecular complexity index is 655. The Labute approximate surface area is 185 Å². The van der Waals surface area contributed by atoms with Crippen molar-refractivity contribution in [3.05, 3.63) is 119 Å². The number of benzene rings is 2. The number of aromatic hydroxyl groups is 2. The molecule has 0 aromatic heterocycles. The van der Waals surface area contributed by atoms with E-state index in [1.807, 2.05) is 60.7 Å². The van der Waals surface area contributed by atoms with E-state index in [0.717, 1.165) is 0 Å². The Balaban J connectivity index is 0.000000337. The molecule has 0 aliphatic rings. The number of hydrogen-bond donors (Lipinski definition) is 2. The molecule has 138 valence electrons. The molecule has 4 aromatic rings. The molecule has 0 bridgehead atoms. The molecule has 0 aliphatic carbocycles. The van der Waals surface area contributed by atoms with E-state index in [0.29, 0.717) is 10.0 Å². The Morgan fingerprint density at radius 3 is 0.963 bits per heavy atom. The van der Waals surface area contributed by atoms with Gasteiger partial charge >= 0.3 is 21.7 Å². The smallest absolute Gasteiger partial charge is 0.506 e. The van der Waals surface area contributed by atoms with Crippen LogP contribution in [0.15, 0.2) is 109 Å². The molecule has 0 radical (unpaired) electrons. The standard InChI is InChI=1S/2C6H5ClO.2C5H5.Ti/c2*7-5-3-1-2-4-6(5)8;2*1-2-4-5-3-1;/h2*1-4,8H;2*1-5H;/q;;2*-1;+2. The van der Waals surface area contributed by atoms with E-state index in [-0.39, 0.29) is 33.2 Å². The second-order valence-electron chi connectivity index (χ2n) is 4.83. The molecule has 0 saturated carbocycles. The average Bonchev–Trinajstić information content (AvgIpc) is 3.39. The van der Waals surface area contributed by atoms with E-state index >= 15 is 0 Å². The van der Waals surface area contributed by atoms with E-state index in [2.05, 4.69) is 0 Å². The molecule has 27 heavy (non-hydrogen) atoms. The number of hydrogen-bond acceptors (Lipinski definition) is 2. The molecule has 4 aromatic carbocycles. The average molecular weight is 435 g/mol. The van der Waals surface area contributed by atoms with Crippen molar-refractivity contribution < 1.29 is 31.9 Å². The van der Waals surface area contributed by atoms with Crippen LogP contribution < -0.4 is 0 Å². The van der Waals surface area contributed by atoms with Crippen molar-refractivity contribution in [2.75, 3.05) is 0 Å². The summed E-state index contributed by atoms with van der Waals surface area (Å²) in [7, 11) is 0. The van der Waals surface area contributed by atoms with Gasteiger partial charge in [0.25, 0.3) is 0 Å². The molecule has 2 N–H and O–H groups in total. The molecule has 0 heterocycles. The Kier molecular flexibility index (Phi) is 15.0. The number of rotatable bonds is 0. The number of phenolic OH excluding ortho intramolecular Hbond substituents is 2. The molecular weight excluding hydrogens is 415 g/mol. The first-order chi connectivity index (χ1) is 12.6. The maximum absolute atomic E-state index is 8.79. The van der Waals surface area contributed by atoms with Gasteiger partial charge in [-0.25, -0.2) is 24.3 Å². The summed E-state index contributed by atoms with van der Waals surface area (Å²) in [6.07, 6.45) is 0. The van der Waals surface area contributed by atoms with Crippen LogP contribution in [0.1, 0.15) is 0 Å². The third-order valence-electron chi connectivity index (χ3n) is 2.82. The van der Waals surface area contributed by atoms with Gasteiger partial charge in [-0.15, -0.1) is 0 Å². The normalized spacial score (nSPS) is 8.37. The summed E-state index contributed by atoms with van der Waals surface area (Å²) in [5, 5.41) is 18.4. The minimum absolute atomic E-state index is 0. The number of para-hydroxylation sites is 2. The summed E-state index contributed by atoms with van der Waals surface area (Å²) in [6, 6.07) is 33.3. The van der Waals surface area contributed by atoms with Crippen LogP contribution in [-0.4, -0.2) is 10.2 Å². The van der Waals surface area contributed by atoms with Gasteiger partial charge < -0.3 is 10.2 Å². The van der Waals surface area contributed by atoms with E-state index in [9.17, 15) is 0 Å². The summed E-state index contributed by atoms with van der Waals surface area (Å²) >= 11 is 10.9. The molecule has 5 heteroatoms. The Morgan fingerprint density at radius 1 is 0.519 bits per heavy atom. The predicted octanol–water partition coefficient (Wildman–Crippen LogP) is 6.90. The van der Waals surface area contributed by atoms with Gasteiger partial charge in [-0.3, -0.25) is 0 Å². The summed E-state index contributed by atoms with van der Waals surface area (Å²) in [6.45, 7) is 0. The summed E-state index contributed by atoms with van der Waals surface area (Å²) in [5.41, 5.74) is 0. The molecule has 0 unspecified atom stereocenters. The maximum Gasteiger partial charge on any atom is 2.00 e. The SMILES string of the molecule is Oc1ccccc1Cl.Oc1ccccc1Cl.[Ti+2].c1cc[cH-]c1.c1cc[cH-]c1. The zero-order chi connectivity index (χ0) is 19.0. The first kappa shape index (κ1) is 25.0. The quantitative estimate of drug-likeness (QED) is 0.233. The van der Waals surface area contributed by atoms with Crippen molar-refractivity contribution in [3.63, 3.8) is 0 Å². The van der Waals surface area contributed by atoms with Crippen LogP contribution in [0.25, 0.3) is 0 Å². The summed E-state index contributed by atoms with van der Waals surface area (Å²) < 4.78 is 0. The Morgan fingerprint density at radius 2 is 0.815 bits per heavy atom. The molecule has 0 spiro atoms. The van der Waals surface area contributed by atoms with Gasteiger partial charge in [-0.05, 0) is 24.3 Å². The van der Waals surface area contributed by atoms with Crippen LogP contribution in [-0.2, 0) is 21.7 Å². The fourth-order valence-corrected chi connectivity index (χ4v) is 1.82. The zero-order valence-electron chi connectivity index (χ0n) is 14.5. The van der Waals surface area contributed by atoms with E-state index in [1.54, 1.807) is 48.5 Å². The van der Waals surface area contributed by atoms with Gasteiger partial charge in [0.2, 0.25) is 0 Å². The van der Waals surface area contributed by atoms with Crippen molar-refractivity contribution in [2.45, 2.75) is 0 Å². The molecular formula is C22H20Cl2O2Ti. The first-order valence-corrected chi connectivity index (χ1v) is 8.57. The van der Waals surface area contributed by atoms with Crippen molar-refractivity contribution in [2.24, 2.45) is 0 Å². The van der Waals surface area contributed by atoms with E-state index < -0.39 is 0 Å². The topological polar surface area (TPSA) is 40.5 Å². The van der Waals surface area contributed by atoms with Crippen LogP contribution in [0.3, 0.4) is 0 Å². The summed E-state index contributed by atoms with van der Waals surface area (Å²) in [5.74, 6) is 0.267. The number of halogens is 2. The predicted molar refractivity (Wildman–Crippen MR) is 110 cm³/mol. The van der Waals surface area contributed by atoms with Crippen LogP contribution in [0.2, 0.25) is 10.0 Å². The van der Waals surface area contributed by atoms with Crippen LogP contribution in [0.5, 0.6) is 11.5 Å². The van der Waals surface area contributed by atoms with Crippen LogP contribution in [0, 0.1) is 0 Å². The van der Waals surface area contributed by atoms with Gasteiger partial charge in [0.05, 0.1) is 10.0 Å². The molecule has 0 fully saturated rings.